The molecule has 36 heavy (non-hydrogen) atoms. The lowest BCUT2D eigenvalue weighted by Gasteiger charge is -2.64. The van der Waals surface area contributed by atoms with Crippen LogP contribution in [-0.4, -0.2) is 30.6 Å². The highest BCUT2D eigenvalue weighted by Gasteiger charge is 2.68. The number of halogens is 2. The molecular weight excluding hydrogens is 476 g/mol. The van der Waals surface area contributed by atoms with E-state index in [1.54, 1.807) is 0 Å². The Hall–Kier alpha value is -1.73. The molecule has 6 rings (SSSR count). The number of benzene rings is 2. The molecule has 1 aliphatic heterocycles. The first-order valence-corrected chi connectivity index (χ1v) is 13.1. The van der Waals surface area contributed by atoms with Gasteiger partial charge >= 0.3 is 7.12 Å². The summed E-state index contributed by atoms with van der Waals surface area (Å²) in [6.45, 7) is 6.95. The zero-order valence-corrected chi connectivity index (χ0v) is 22.3. The van der Waals surface area contributed by atoms with Crippen LogP contribution in [0, 0.1) is 23.1 Å². The second kappa shape index (κ2) is 10.6. The Kier molecular flexibility index (Phi) is 8.02. The third kappa shape index (κ3) is 5.15. The first kappa shape index (κ1) is 27.3. The molecule has 2 aromatic rings. The average Bonchev–Trinajstić information content (AvgIpc) is 3.20. The van der Waals surface area contributed by atoms with Crippen molar-refractivity contribution in [2.75, 3.05) is 0 Å². The summed E-state index contributed by atoms with van der Waals surface area (Å²) in [5.74, 6) is 1.14. The Bertz CT molecular complexity index is 1050. The summed E-state index contributed by atoms with van der Waals surface area (Å²) < 4.78 is 26.9. The molecule has 3 N–H and O–H groups in total. The van der Waals surface area contributed by atoms with Gasteiger partial charge in [0.25, 0.3) is 0 Å². The van der Waals surface area contributed by atoms with Gasteiger partial charge in [0.2, 0.25) is 0 Å². The molecule has 0 radical (unpaired) electrons. The maximum Gasteiger partial charge on any atom is 0.461 e. The highest BCUT2D eigenvalue weighted by Crippen LogP contribution is 2.66. The van der Waals surface area contributed by atoms with Crippen LogP contribution in [0.3, 0.4) is 0 Å². The van der Waals surface area contributed by atoms with Crippen molar-refractivity contribution in [2.45, 2.75) is 82.9 Å². The van der Waals surface area contributed by atoms with Gasteiger partial charge in [0.1, 0.15) is 11.9 Å². The van der Waals surface area contributed by atoms with Gasteiger partial charge in [-0.05, 0) is 78.9 Å². The standard InChI is InChI=1S/C29H37BFNO3.ClH/c1-28(2)21-17-26(28)29(3)27(18-21)34-30(35-29)22(15-20-9-12-23(31)13-10-20)11-14-25(33)24(32)16-19-7-5-4-6-8-19;/h4-10,12-13,21-22,24,26-27H,11,14-18,32H2,1-3H3;1H/t21?,22-,24-,26?,27?,29+;/m0./s1. The first-order chi connectivity index (χ1) is 16.7. The Morgan fingerprint density at radius 1 is 1.06 bits per heavy atom. The molecule has 4 fully saturated rings. The number of hydrogen-bond acceptors (Lipinski definition) is 3. The summed E-state index contributed by atoms with van der Waals surface area (Å²) in [4.78, 5) is 13.0. The van der Waals surface area contributed by atoms with Crippen molar-refractivity contribution < 1.29 is 36.6 Å². The van der Waals surface area contributed by atoms with E-state index in [0.29, 0.717) is 37.5 Å². The van der Waals surface area contributed by atoms with E-state index in [9.17, 15) is 9.18 Å². The molecular formula is C29H38BClFNO3. The largest absolute Gasteiger partial charge is 1.00 e. The Morgan fingerprint density at radius 2 is 1.72 bits per heavy atom. The number of ketones is 1. The molecule has 194 valence electrons. The highest BCUT2D eigenvalue weighted by molar-refractivity contribution is 6.47. The summed E-state index contributed by atoms with van der Waals surface area (Å²) in [5.41, 5.74) is 6.32. The van der Waals surface area contributed by atoms with Gasteiger partial charge in [-0.1, -0.05) is 56.3 Å². The van der Waals surface area contributed by atoms with Crippen LogP contribution in [-0.2, 0) is 26.9 Å². The second-order valence-corrected chi connectivity index (χ2v) is 11.8. The van der Waals surface area contributed by atoms with Crippen LogP contribution in [0.5, 0.6) is 0 Å². The fourth-order valence-corrected chi connectivity index (χ4v) is 6.90. The lowest BCUT2D eigenvalue weighted by Crippen LogP contribution is -3.00. The van der Waals surface area contributed by atoms with Crippen molar-refractivity contribution in [1.29, 1.82) is 0 Å². The lowest BCUT2D eigenvalue weighted by molar-refractivity contribution is -0.402. The van der Waals surface area contributed by atoms with E-state index in [-0.39, 0.29) is 60.1 Å². The maximum absolute atomic E-state index is 13.5. The normalized spacial score (nSPS) is 29.5. The van der Waals surface area contributed by atoms with Gasteiger partial charge in [0.05, 0.1) is 11.7 Å². The molecule has 7 heteroatoms. The third-order valence-electron chi connectivity index (χ3n) is 9.31. The van der Waals surface area contributed by atoms with Crippen molar-refractivity contribution in [3.8, 4) is 0 Å². The van der Waals surface area contributed by atoms with E-state index in [2.05, 4.69) is 26.5 Å². The van der Waals surface area contributed by atoms with Crippen molar-refractivity contribution in [3.63, 3.8) is 0 Å². The minimum Gasteiger partial charge on any atom is -1.00 e. The van der Waals surface area contributed by atoms with Crippen molar-refractivity contribution in [1.82, 2.24) is 0 Å². The van der Waals surface area contributed by atoms with Crippen molar-refractivity contribution in [2.24, 2.45) is 17.3 Å². The van der Waals surface area contributed by atoms with E-state index in [0.717, 1.165) is 17.5 Å². The third-order valence-corrected chi connectivity index (χ3v) is 9.31. The summed E-state index contributed by atoms with van der Waals surface area (Å²) in [6.07, 6.45) is 4.80. The fraction of sp³-hybridized carbons (Fsp3) is 0.552. The number of carbonyl (C=O) groups is 1. The predicted octanol–water partition coefficient (Wildman–Crippen LogP) is 1.67. The molecule has 0 spiro atoms. The molecule has 3 saturated carbocycles. The van der Waals surface area contributed by atoms with Crippen LogP contribution in [0.25, 0.3) is 0 Å². The van der Waals surface area contributed by atoms with Crippen molar-refractivity contribution >= 4 is 12.9 Å². The fourth-order valence-electron chi connectivity index (χ4n) is 6.90. The van der Waals surface area contributed by atoms with Gasteiger partial charge in [-0.25, -0.2) is 4.39 Å². The minimum atomic E-state index is -0.351. The molecule has 3 unspecified atom stereocenters. The molecule has 3 aliphatic carbocycles. The maximum atomic E-state index is 13.5. The topological polar surface area (TPSA) is 63.2 Å². The molecule has 4 nitrogen and oxygen atoms in total. The van der Waals surface area contributed by atoms with E-state index in [4.69, 9.17) is 9.31 Å². The SMILES string of the molecule is CC1(C)C2CC3OB([C@@H](CCC(=O)[C@@H]([NH3+])Cc4ccccc4)Cc4ccc(F)cc4)O[C@]3(C)C1C2.[Cl-]. The van der Waals surface area contributed by atoms with Gasteiger partial charge < -0.3 is 27.4 Å². The van der Waals surface area contributed by atoms with Gasteiger partial charge in [-0.3, -0.25) is 4.79 Å². The van der Waals surface area contributed by atoms with Crippen LogP contribution in [0.4, 0.5) is 4.39 Å². The van der Waals surface area contributed by atoms with Crippen LogP contribution in [0.2, 0.25) is 5.82 Å². The summed E-state index contributed by atoms with van der Waals surface area (Å²) in [7, 11) is -0.351. The lowest BCUT2D eigenvalue weighted by atomic mass is 9.43. The smallest absolute Gasteiger partial charge is 0.461 e. The number of carbonyl (C=O) groups excluding carboxylic acids is 1. The zero-order valence-electron chi connectivity index (χ0n) is 21.6. The van der Waals surface area contributed by atoms with E-state index in [1.807, 2.05) is 42.5 Å². The van der Waals surface area contributed by atoms with E-state index >= 15 is 0 Å². The number of rotatable bonds is 9. The van der Waals surface area contributed by atoms with Crippen LogP contribution < -0.4 is 18.1 Å². The average molecular weight is 514 g/mol. The van der Waals surface area contributed by atoms with Crippen LogP contribution >= 0.6 is 0 Å². The Labute approximate surface area is 221 Å². The molecule has 1 heterocycles. The second-order valence-electron chi connectivity index (χ2n) is 11.8. The molecule has 4 aliphatic rings. The quantitative estimate of drug-likeness (QED) is 0.519. The molecule has 2 aromatic carbocycles. The summed E-state index contributed by atoms with van der Waals surface area (Å²) >= 11 is 0. The molecule has 0 amide bonds. The first-order valence-electron chi connectivity index (χ1n) is 13.1. The van der Waals surface area contributed by atoms with Crippen LogP contribution in [0.1, 0.15) is 57.6 Å². The number of hydrogen-bond donors (Lipinski definition) is 1. The van der Waals surface area contributed by atoms with E-state index < -0.39 is 0 Å². The number of Topliss-reactive ketones (excluding diaryl/α,β-unsaturated/α-hetero) is 1. The molecule has 0 aromatic heterocycles. The monoisotopic (exact) mass is 513 g/mol. The summed E-state index contributed by atoms with van der Waals surface area (Å²) in [6, 6.07) is 16.4. The molecule has 2 bridgehead atoms. The van der Waals surface area contributed by atoms with Gasteiger partial charge in [-0.2, -0.15) is 0 Å². The van der Waals surface area contributed by atoms with Crippen LogP contribution in [0.15, 0.2) is 54.6 Å². The molecule has 6 atom stereocenters. The zero-order chi connectivity index (χ0) is 24.8. The van der Waals surface area contributed by atoms with Gasteiger partial charge in [-0.15, -0.1) is 0 Å². The Balaban J connectivity index is 0.00000304. The molecule has 1 saturated heterocycles. The van der Waals surface area contributed by atoms with Crippen molar-refractivity contribution in [3.05, 3.63) is 71.5 Å². The van der Waals surface area contributed by atoms with E-state index in [1.165, 1.54) is 18.6 Å². The number of quaternary nitrogens is 1. The predicted molar refractivity (Wildman–Crippen MR) is 135 cm³/mol. The highest BCUT2D eigenvalue weighted by atomic mass is 35.5. The van der Waals surface area contributed by atoms with Gasteiger partial charge in [0.15, 0.2) is 5.78 Å². The summed E-state index contributed by atoms with van der Waals surface area (Å²) in [5, 5.41) is 0. The minimum absolute atomic E-state index is 0. The Morgan fingerprint density at radius 3 is 2.39 bits per heavy atom. The van der Waals surface area contributed by atoms with Gasteiger partial charge in [0, 0.05) is 12.8 Å².